The van der Waals surface area contributed by atoms with Gasteiger partial charge in [0.25, 0.3) is 0 Å². The maximum absolute atomic E-state index is 12.6. The predicted octanol–water partition coefficient (Wildman–Crippen LogP) is 2.43. The second-order valence-electron chi connectivity index (χ2n) is 6.08. The second kappa shape index (κ2) is 9.72. The smallest absolute Gasteiger partial charge is 0.337 e. The highest BCUT2D eigenvalue weighted by Crippen LogP contribution is 2.22. The van der Waals surface area contributed by atoms with Gasteiger partial charge in [0.1, 0.15) is 6.54 Å². The van der Waals surface area contributed by atoms with Crippen LogP contribution < -0.4 is 9.62 Å². The summed E-state index contributed by atoms with van der Waals surface area (Å²) in [6.45, 7) is -0.523. The molecule has 160 valence electrons. The molecule has 0 fully saturated rings. The van der Waals surface area contributed by atoms with Crippen molar-refractivity contribution in [3.05, 3.63) is 58.1 Å². The summed E-state index contributed by atoms with van der Waals surface area (Å²) in [5.41, 5.74) is 0.428. The van der Waals surface area contributed by atoms with Crippen LogP contribution in [0, 0.1) is 0 Å². The number of nitrogens with zero attached hydrogens (tertiary/aromatic N) is 1. The van der Waals surface area contributed by atoms with E-state index < -0.39 is 34.4 Å². The molecule has 11 heteroatoms. The van der Waals surface area contributed by atoms with E-state index in [4.69, 9.17) is 0 Å². The number of carbonyl (C=O) groups excluding carboxylic acids is 3. The number of carbonyl (C=O) groups is 3. The summed E-state index contributed by atoms with van der Waals surface area (Å²) in [6.07, 6.45) is 0.981. The highest BCUT2D eigenvalue weighted by molar-refractivity contribution is 9.10. The molecule has 0 radical (unpaired) electrons. The largest absolute Gasteiger partial charge is 0.465 e. The molecular formula is C19H19BrN2O7S. The predicted molar refractivity (Wildman–Crippen MR) is 114 cm³/mol. The maximum atomic E-state index is 12.6. The summed E-state index contributed by atoms with van der Waals surface area (Å²) in [7, 11) is -1.42. The van der Waals surface area contributed by atoms with Crippen molar-refractivity contribution < 1.29 is 32.3 Å². The van der Waals surface area contributed by atoms with Crippen LogP contribution in [0.4, 0.5) is 11.4 Å². The molecular weight excluding hydrogens is 480 g/mol. The lowest BCUT2D eigenvalue weighted by molar-refractivity contribution is -0.114. The number of hydrogen-bond donors (Lipinski definition) is 1. The van der Waals surface area contributed by atoms with E-state index in [0.29, 0.717) is 10.2 Å². The van der Waals surface area contributed by atoms with Gasteiger partial charge in [-0.3, -0.25) is 9.10 Å². The van der Waals surface area contributed by atoms with E-state index in [9.17, 15) is 22.8 Å². The Morgan fingerprint density at radius 3 is 2.03 bits per heavy atom. The van der Waals surface area contributed by atoms with Crippen LogP contribution in [0.2, 0.25) is 0 Å². The van der Waals surface area contributed by atoms with Gasteiger partial charge in [-0.15, -0.1) is 0 Å². The Balaban J connectivity index is 2.33. The van der Waals surface area contributed by atoms with Gasteiger partial charge in [-0.25, -0.2) is 18.0 Å². The molecule has 0 aliphatic rings. The number of esters is 2. The third-order valence-corrected chi connectivity index (χ3v) is 5.48. The fraction of sp³-hybridized carbons (Fsp3) is 0.211. The molecule has 0 bridgehead atoms. The Labute approximate surface area is 182 Å². The lowest BCUT2D eigenvalue weighted by Crippen LogP contribution is -2.37. The zero-order valence-corrected chi connectivity index (χ0v) is 18.7. The normalized spacial score (nSPS) is 10.8. The average molecular weight is 499 g/mol. The second-order valence-corrected chi connectivity index (χ2v) is 8.90. The van der Waals surface area contributed by atoms with Crippen LogP contribution in [0.3, 0.4) is 0 Å². The van der Waals surface area contributed by atoms with Crippen molar-refractivity contribution in [2.45, 2.75) is 0 Å². The number of nitrogens with one attached hydrogen (secondary N) is 1. The van der Waals surface area contributed by atoms with Crippen molar-refractivity contribution in [1.82, 2.24) is 0 Å². The van der Waals surface area contributed by atoms with Crippen LogP contribution in [0.5, 0.6) is 0 Å². The third-order valence-electron chi connectivity index (χ3n) is 3.84. The molecule has 0 aliphatic heterocycles. The molecule has 0 atom stereocenters. The van der Waals surface area contributed by atoms with Crippen LogP contribution >= 0.6 is 15.9 Å². The van der Waals surface area contributed by atoms with Crippen molar-refractivity contribution in [2.75, 3.05) is 36.6 Å². The first-order chi connectivity index (χ1) is 14.0. The Bertz CT molecular complexity index is 1050. The summed E-state index contributed by atoms with van der Waals surface area (Å²) >= 11 is 3.26. The zero-order valence-electron chi connectivity index (χ0n) is 16.3. The van der Waals surface area contributed by atoms with Gasteiger partial charge in [0.05, 0.1) is 37.3 Å². The van der Waals surface area contributed by atoms with E-state index in [1.165, 1.54) is 32.4 Å². The number of rotatable bonds is 7. The van der Waals surface area contributed by atoms with Gasteiger partial charge in [0.15, 0.2) is 0 Å². The summed E-state index contributed by atoms with van der Waals surface area (Å²) < 4.78 is 35.3. The molecule has 30 heavy (non-hydrogen) atoms. The molecule has 9 nitrogen and oxygen atoms in total. The molecule has 0 saturated heterocycles. The molecule has 1 amide bonds. The first-order valence-corrected chi connectivity index (χ1v) is 11.0. The number of sulfonamides is 1. The molecule has 2 aromatic rings. The van der Waals surface area contributed by atoms with Crippen LogP contribution in [-0.4, -0.2) is 53.3 Å². The van der Waals surface area contributed by atoms with Gasteiger partial charge in [0, 0.05) is 10.2 Å². The van der Waals surface area contributed by atoms with Crippen molar-refractivity contribution in [2.24, 2.45) is 0 Å². The molecule has 0 heterocycles. The molecule has 0 spiro atoms. The SMILES string of the molecule is COC(=O)c1cc(NC(=O)CN(c2cccc(Br)c2)S(C)(=O)=O)cc(C(=O)OC)c1. The highest BCUT2D eigenvalue weighted by Gasteiger charge is 2.22. The molecule has 0 saturated carbocycles. The number of benzene rings is 2. The van der Waals surface area contributed by atoms with E-state index in [1.54, 1.807) is 24.3 Å². The van der Waals surface area contributed by atoms with E-state index >= 15 is 0 Å². The van der Waals surface area contributed by atoms with Gasteiger partial charge in [-0.05, 0) is 36.4 Å². The molecule has 1 N–H and O–H groups in total. The Morgan fingerprint density at radius 2 is 1.57 bits per heavy atom. The summed E-state index contributed by atoms with van der Waals surface area (Å²) in [5.74, 6) is -2.12. The van der Waals surface area contributed by atoms with Gasteiger partial charge < -0.3 is 14.8 Å². The lowest BCUT2D eigenvalue weighted by Gasteiger charge is -2.22. The monoisotopic (exact) mass is 498 g/mol. The third kappa shape index (κ3) is 6.04. The topological polar surface area (TPSA) is 119 Å². The number of methoxy groups -OCH3 is 2. The van der Waals surface area contributed by atoms with Crippen LogP contribution in [0.25, 0.3) is 0 Å². The minimum absolute atomic E-state index is 0.0164. The number of hydrogen-bond acceptors (Lipinski definition) is 7. The molecule has 2 rings (SSSR count). The lowest BCUT2D eigenvalue weighted by atomic mass is 10.1. The minimum atomic E-state index is -3.77. The standard InChI is InChI=1S/C19H19BrN2O7S/c1-28-18(24)12-7-13(19(25)29-2)9-15(8-12)21-17(23)11-22(30(3,26)27)16-6-4-5-14(20)10-16/h4-10H,11H2,1-3H3,(H,21,23). The Hall–Kier alpha value is -2.92. The quantitative estimate of drug-likeness (QED) is 0.582. The number of anilines is 2. The van der Waals surface area contributed by atoms with Crippen LogP contribution in [-0.2, 0) is 24.3 Å². The molecule has 0 aromatic heterocycles. The van der Waals surface area contributed by atoms with Crippen molar-refractivity contribution >= 4 is 55.2 Å². The van der Waals surface area contributed by atoms with Crippen molar-refractivity contribution in [3.8, 4) is 0 Å². The van der Waals surface area contributed by atoms with Crippen LogP contribution in [0.15, 0.2) is 46.9 Å². The highest BCUT2D eigenvalue weighted by atomic mass is 79.9. The number of ether oxygens (including phenoxy) is 2. The van der Waals surface area contributed by atoms with Gasteiger partial charge in [-0.2, -0.15) is 0 Å². The van der Waals surface area contributed by atoms with Crippen LogP contribution in [0.1, 0.15) is 20.7 Å². The zero-order chi connectivity index (χ0) is 22.5. The van der Waals surface area contributed by atoms with E-state index in [2.05, 4.69) is 30.7 Å². The Morgan fingerprint density at radius 1 is 1.00 bits per heavy atom. The number of halogens is 1. The first-order valence-electron chi connectivity index (χ1n) is 8.40. The van der Waals surface area contributed by atoms with E-state index in [-0.39, 0.29) is 16.8 Å². The van der Waals surface area contributed by atoms with Gasteiger partial charge in [-0.1, -0.05) is 22.0 Å². The summed E-state index contributed by atoms with van der Waals surface area (Å²) in [4.78, 5) is 36.3. The fourth-order valence-corrected chi connectivity index (χ4v) is 3.77. The molecule has 0 unspecified atom stereocenters. The van der Waals surface area contributed by atoms with E-state index in [0.717, 1.165) is 10.6 Å². The number of amides is 1. The maximum Gasteiger partial charge on any atom is 0.337 e. The minimum Gasteiger partial charge on any atom is -0.465 e. The fourth-order valence-electron chi connectivity index (χ4n) is 2.53. The summed E-state index contributed by atoms with van der Waals surface area (Å²) in [6, 6.07) is 10.3. The van der Waals surface area contributed by atoms with Gasteiger partial charge >= 0.3 is 11.9 Å². The van der Waals surface area contributed by atoms with E-state index in [1.807, 2.05) is 0 Å². The molecule has 2 aromatic carbocycles. The Kier molecular flexibility index (Phi) is 7.57. The average Bonchev–Trinajstić information content (AvgIpc) is 2.69. The first kappa shape index (κ1) is 23.4. The van der Waals surface area contributed by atoms with Gasteiger partial charge in [0.2, 0.25) is 15.9 Å². The van der Waals surface area contributed by atoms with Crippen molar-refractivity contribution in [1.29, 1.82) is 0 Å². The summed E-state index contributed by atoms with van der Waals surface area (Å²) in [5, 5.41) is 2.50. The van der Waals surface area contributed by atoms with Crippen molar-refractivity contribution in [3.63, 3.8) is 0 Å². The molecule has 0 aliphatic carbocycles.